The number of methoxy groups -OCH3 is 2. The first-order valence-electron chi connectivity index (χ1n) is 6.66. The Morgan fingerprint density at radius 3 is 2.41 bits per heavy atom. The Morgan fingerprint density at radius 1 is 1.41 bits per heavy atom. The second kappa shape index (κ2) is 8.18. The van der Waals surface area contributed by atoms with Crippen LogP contribution < -0.4 is 0 Å². The third kappa shape index (κ3) is 5.21. The number of ether oxygens (including phenoxy) is 2. The summed E-state index contributed by atoms with van der Waals surface area (Å²) in [4.78, 5) is 20.6. The minimum atomic E-state index is -1.12. The van der Waals surface area contributed by atoms with Gasteiger partial charge in [-0.15, -0.1) is 0 Å². The second-order valence-corrected chi connectivity index (χ2v) is 4.68. The van der Waals surface area contributed by atoms with Crippen LogP contribution in [0, 0.1) is 0 Å². The minimum Gasteiger partial charge on any atom is -0.490 e. The van der Waals surface area contributed by atoms with E-state index in [-0.39, 0.29) is 11.5 Å². The van der Waals surface area contributed by atoms with Gasteiger partial charge in [0.25, 0.3) is 0 Å². The van der Waals surface area contributed by atoms with Crippen LogP contribution in [0.2, 0.25) is 0 Å². The summed E-state index contributed by atoms with van der Waals surface area (Å²) in [6.07, 6.45) is 2.25. The van der Waals surface area contributed by atoms with Gasteiger partial charge in [0.05, 0.1) is 26.0 Å². The number of hydrogen-bond acceptors (Lipinski definition) is 5. The number of nitrogens with zero attached hydrogens (tertiary/aromatic N) is 2. The molecule has 122 valence electrons. The first kappa shape index (κ1) is 17.7. The molecule has 2 N–H and O–H groups in total. The molecule has 2 rings (SSSR count). The minimum absolute atomic E-state index is 0.236. The van der Waals surface area contributed by atoms with Crippen LogP contribution in [0.25, 0.3) is 0 Å². The fourth-order valence-corrected chi connectivity index (χ4v) is 1.62. The second-order valence-electron chi connectivity index (χ2n) is 4.68. The number of aliphatic carboxylic acids is 1. The van der Waals surface area contributed by atoms with Gasteiger partial charge in [-0.25, -0.2) is 9.59 Å². The Balaban J connectivity index is 0.000000295. The highest BCUT2D eigenvalue weighted by Crippen LogP contribution is 2.39. The molecule has 8 heteroatoms. The molecule has 1 heterocycles. The van der Waals surface area contributed by atoms with E-state index < -0.39 is 11.9 Å². The first-order chi connectivity index (χ1) is 10.4. The van der Waals surface area contributed by atoms with Crippen molar-refractivity contribution in [3.8, 4) is 0 Å². The van der Waals surface area contributed by atoms with E-state index in [1.54, 1.807) is 13.2 Å². The third-order valence-electron chi connectivity index (χ3n) is 3.01. The summed E-state index contributed by atoms with van der Waals surface area (Å²) in [5.74, 6) is -1.81. The largest absolute Gasteiger partial charge is 0.490 e. The molecule has 0 saturated heterocycles. The Hall–Kier alpha value is -2.35. The predicted octanol–water partition coefficient (Wildman–Crippen LogP) is 1.34. The lowest BCUT2D eigenvalue weighted by Gasteiger charge is -2.02. The Labute approximate surface area is 128 Å². The SMILES string of the molecule is C=C(OC)C(=O)O.COCCn1nc(C2CC2)cc1C(=O)O. The van der Waals surface area contributed by atoms with E-state index in [0.717, 1.165) is 18.5 Å². The highest BCUT2D eigenvalue weighted by atomic mass is 16.5. The highest BCUT2D eigenvalue weighted by Gasteiger charge is 2.28. The normalized spacial score (nSPS) is 13.0. The molecule has 1 aromatic heterocycles. The number of hydrogen-bond donors (Lipinski definition) is 2. The van der Waals surface area contributed by atoms with Crippen LogP contribution in [-0.4, -0.2) is 52.8 Å². The van der Waals surface area contributed by atoms with Crippen LogP contribution >= 0.6 is 0 Å². The van der Waals surface area contributed by atoms with Crippen molar-refractivity contribution in [2.24, 2.45) is 0 Å². The van der Waals surface area contributed by atoms with Crippen molar-refractivity contribution in [3.63, 3.8) is 0 Å². The maximum Gasteiger partial charge on any atom is 0.370 e. The van der Waals surface area contributed by atoms with Gasteiger partial charge in [-0.2, -0.15) is 5.10 Å². The van der Waals surface area contributed by atoms with Gasteiger partial charge in [0, 0.05) is 13.0 Å². The number of rotatable bonds is 7. The molecule has 1 aromatic rings. The van der Waals surface area contributed by atoms with E-state index >= 15 is 0 Å². The lowest BCUT2D eigenvalue weighted by atomic mass is 10.3. The zero-order valence-electron chi connectivity index (χ0n) is 12.6. The summed E-state index contributed by atoms with van der Waals surface area (Å²) < 4.78 is 10.6. The molecule has 0 atom stereocenters. The summed E-state index contributed by atoms with van der Waals surface area (Å²) in [5.41, 5.74) is 1.16. The van der Waals surface area contributed by atoms with Crippen molar-refractivity contribution in [2.75, 3.05) is 20.8 Å². The van der Waals surface area contributed by atoms with Crippen LogP contribution in [0.4, 0.5) is 0 Å². The van der Waals surface area contributed by atoms with Crippen molar-refractivity contribution in [3.05, 3.63) is 29.8 Å². The summed E-state index contributed by atoms with van der Waals surface area (Å²) in [5, 5.41) is 21.2. The van der Waals surface area contributed by atoms with Gasteiger partial charge >= 0.3 is 11.9 Å². The number of carbonyl (C=O) groups is 2. The molecule has 1 aliphatic carbocycles. The molecule has 8 nitrogen and oxygen atoms in total. The van der Waals surface area contributed by atoms with E-state index in [1.807, 2.05) is 0 Å². The Bertz CT molecular complexity index is 548. The monoisotopic (exact) mass is 312 g/mol. The Kier molecular flexibility index (Phi) is 6.58. The lowest BCUT2D eigenvalue weighted by Crippen LogP contribution is -2.13. The molecular formula is C14H20N2O6. The zero-order chi connectivity index (χ0) is 16.7. The van der Waals surface area contributed by atoms with Gasteiger partial charge in [0.15, 0.2) is 5.76 Å². The van der Waals surface area contributed by atoms with E-state index in [1.165, 1.54) is 11.8 Å². The topological polar surface area (TPSA) is 111 Å². The maximum atomic E-state index is 10.9. The van der Waals surface area contributed by atoms with Gasteiger partial charge in [0.1, 0.15) is 5.69 Å². The van der Waals surface area contributed by atoms with Crippen LogP contribution in [0.5, 0.6) is 0 Å². The van der Waals surface area contributed by atoms with Crippen LogP contribution in [0.15, 0.2) is 18.4 Å². The number of aromatic nitrogens is 2. The van der Waals surface area contributed by atoms with E-state index in [0.29, 0.717) is 19.1 Å². The van der Waals surface area contributed by atoms with Gasteiger partial charge in [-0.3, -0.25) is 4.68 Å². The van der Waals surface area contributed by atoms with Crippen molar-refractivity contribution in [2.45, 2.75) is 25.3 Å². The van der Waals surface area contributed by atoms with Crippen LogP contribution in [0.1, 0.15) is 34.9 Å². The molecule has 1 saturated carbocycles. The average Bonchev–Trinajstić information content (AvgIpc) is 3.24. The van der Waals surface area contributed by atoms with Crippen molar-refractivity contribution >= 4 is 11.9 Å². The first-order valence-corrected chi connectivity index (χ1v) is 6.66. The van der Waals surface area contributed by atoms with Crippen molar-refractivity contribution in [1.82, 2.24) is 9.78 Å². The Morgan fingerprint density at radius 2 is 2.05 bits per heavy atom. The van der Waals surface area contributed by atoms with E-state index in [4.69, 9.17) is 14.9 Å². The number of aromatic carboxylic acids is 1. The fraction of sp³-hybridized carbons (Fsp3) is 0.500. The third-order valence-corrected chi connectivity index (χ3v) is 3.01. The van der Waals surface area contributed by atoms with Gasteiger partial charge in [-0.1, -0.05) is 0 Å². The van der Waals surface area contributed by atoms with Gasteiger partial charge in [-0.05, 0) is 25.5 Å². The fourth-order valence-electron chi connectivity index (χ4n) is 1.62. The summed E-state index contributed by atoms with van der Waals surface area (Å²) >= 11 is 0. The van der Waals surface area contributed by atoms with Crippen molar-refractivity contribution in [1.29, 1.82) is 0 Å². The van der Waals surface area contributed by atoms with Crippen LogP contribution in [-0.2, 0) is 20.8 Å². The number of carboxylic acids is 2. The van der Waals surface area contributed by atoms with E-state index in [9.17, 15) is 9.59 Å². The molecule has 0 amide bonds. The quantitative estimate of drug-likeness (QED) is 0.577. The highest BCUT2D eigenvalue weighted by molar-refractivity contribution is 5.85. The molecule has 0 spiro atoms. The molecular weight excluding hydrogens is 292 g/mol. The van der Waals surface area contributed by atoms with Crippen molar-refractivity contribution < 1.29 is 29.3 Å². The molecule has 1 fully saturated rings. The van der Waals surface area contributed by atoms with E-state index in [2.05, 4.69) is 16.4 Å². The summed E-state index contributed by atoms with van der Waals surface area (Å²) in [7, 11) is 2.85. The lowest BCUT2D eigenvalue weighted by molar-refractivity contribution is -0.136. The van der Waals surface area contributed by atoms with Gasteiger partial charge < -0.3 is 19.7 Å². The van der Waals surface area contributed by atoms with Gasteiger partial charge in [0.2, 0.25) is 0 Å². The molecule has 0 aromatic carbocycles. The van der Waals surface area contributed by atoms with Crippen LogP contribution in [0.3, 0.4) is 0 Å². The standard InChI is InChI=1S/C10H14N2O3.C4H6O3/c1-15-5-4-12-9(10(13)14)6-8(11-12)7-2-3-7;1-3(7-2)4(5)6/h6-7H,2-5H2,1H3,(H,13,14);1H2,2H3,(H,5,6). The zero-order valence-corrected chi connectivity index (χ0v) is 12.6. The molecule has 1 aliphatic rings. The summed E-state index contributed by atoms with van der Waals surface area (Å²) in [6, 6.07) is 1.68. The average molecular weight is 312 g/mol. The number of carboxylic acid groups (broad SMARTS) is 2. The predicted molar refractivity (Wildman–Crippen MR) is 76.8 cm³/mol. The summed E-state index contributed by atoms with van der Waals surface area (Å²) in [6.45, 7) is 4.02. The maximum absolute atomic E-state index is 10.9. The molecule has 22 heavy (non-hydrogen) atoms. The molecule has 0 radical (unpaired) electrons. The molecule has 0 aliphatic heterocycles. The molecule has 0 unspecified atom stereocenters. The smallest absolute Gasteiger partial charge is 0.370 e. The molecule has 0 bridgehead atoms.